The number of hydrogen-bond acceptors (Lipinski definition) is 3. The summed E-state index contributed by atoms with van der Waals surface area (Å²) in [5.41, 5.74) is 1.40. The lowest BCUT2D eigenvalue weighted by Crippen LogP contribution is -2.31. The number of benzene rings is 2. The molecule has 21 heavy (non-hydrogen) atoms. The lowest BCUT2D eigenvalue weighted by molar-refractivity contribution is -0.139. The first-order chi connectivity index (χ1) is 10.1. The monoisotopic (exact) mass is 285 g/mol. The number of carboxylic acid groups (broad SMARTS) is 1. The fourth-order valence-electron chi connectivity index (χ4n) is 2.37. The van der Waals surface area contributed by atoms with Crippen LogP contribution in [0.1, 0.15) is 36.6 Å². The van der Waals surface area contributed by atoms with E-state index in [0.717, 1.165) is 0 Å². The lowest BCUT2D eigenvalue weighted by Gasteiger charge is -2.23. The molecule has 110 valence electrons. The number of carbonyl (C=O) groups is 1. The number of rotatable bonds is 6. The Morgan fingerprint density at radius 2 is 1.71 bits per heavy atom. The number of nitrogens with one attached hydrogen (secondary N) is 1. The van der Waals surface area contributed by atoms with E-state index in [2.05, 4.69) is 5.32 Å². The van der Waals surface area contributed by atoms with Crippen LogP contribution in [-0.2, 0) is 4.79 Å². The summed E-state index contributed by atoms with van der Waals surface area (Å²) in [7, 11) is 0. The van der Waals surface area contributed by atoms with Crippen LogP contribution in [0.25, 0.3) is 0 Å². The van der Waals surface area contributed by atoms with Crippen LogP contribution in [0.3, 0.4) is 0 Å². The molecule has 2 unspecified atom stereocenters. The van der Waals surface area contributed by atoms with E-state index < -0.39 is 12.0 Å². The van der Waals surface area contributed by atoms with Crippen molar-refractivity contribution in [1.82, 2.24) is 5.32 Å². The summed E-state index contributed by atoms with van der Waals surface area (Å²) in [5.74, 6) is -0.760. The maximum atomic E-state index is 11.5. The summed E-state index contributed by atoms with van der Waals surface area (Å²) in [6.07, 6.45) is 0.675. The van der Waals surface area contributed by atoms with E-state index in [1.54, 1.807) is 30.3 Å². The molecular weight excluding hydrogens is 266 g/mol. The number of hydrogen-bond donors (Lipinski definition) is 3. The molecule has 2 aromatic carbocycles. The van der Waals surface area contributed by atoms with Crippen molar-refractivity contribution in [3.8, 4) is 5.75 Å². The molecule has 0 spiro atoms. The quantitative estimate of drug-likeness (QED) is 0.762. The van der Waals surface area contributed by atoms with E-state index in [9.17, 15) is 15.0 Å². The van der Waals surface area contributed by atoms with Gasteiger partial charge in [-0.25, -0.2) is 0 Å². The summed E-state index contributed by atoms with van der Waals surface area (Å²) >= 11 is 0. The van der Waals surface area contributed by atoms with Crippen molar-refractivity contribution >= 4 is 5.97 Å². The van der Waals surface area contributed by atoms with Gasteiger partial charge in [0.15, 0.2) is 0 Å². The van der Waals surface area contributed by atoms with Gasteiger partial charge in [-0.3, -0.25) is 10.1 Å². The van der Waals surface area contributed by atoms with Crippen LogP contribution >= 0.6 is 0 Å². The van der Waals surface area contributed by atoms with Gasteiger partial charge in [-0.1, -0.05) is 55.5 Å². The van der Waals surface area contributed by atoms with Crippen LogP contribution in [0.4, 0.5) is 0 Å². The van der Waals surface area contributed by atoms with E-state index in [1.807, 2.05) is 31.2 Å². The van der Waals surface area contributed by atoms with Crippen molar-refractivity contribution in [3.63, 3.8) is 0 Å². The first-order valence-corrected chi connectivity index (χ1v) is 6.95. The second-order valence-electron chi connectivity index (χ2n) is 4.87. The number of phenolic OH excluding ortho intramolecular Hbond substituents is 1. The molecule has 0 aliphatic heterocycles. The maximum absolute atomic E-state index is 11.5. The Kier molecular flexibility index (Phi) is 4.95. The van der Waals surface area contributed by atoms with Gasteiger partial charge in [-0.05, 0) is 18.1 Å². The summed E-state index contributed by atoms with van der Waals surface area (Å²) in [5, 5.41) is 22.5. The smallest absolute Gasteiger partial charge is 0.325 e. The van der Waals surface area contributed by atoms with Crippen molar-refractivity contribution in [2.24, 2.45) is 0 Å². The standard InChI is InChI=1S/C17H19NO3/c1-2-14(13-10-6-7-11-15(13)19)18-16(17(20)21)12-8-4-3-5-9-12/h3-11,14,16,18-19H,2H2,1H3,(H,20,21). The van der Waals surface area contributed by atoms with Gasteiger partial charge in [-0.15, -0.1) is 0 Å². The zero-order valence-corrected chi connectivity index (χ0v) is 11.9. The number of phenols is 1. The Morgan fingerprint density at radius 1 is 1.10 bits per heavy atom. The van der Waals surface area contributed by atoms with Crippen LogP contribution < -0.4 is 5.32 Å². The third kappa shape index (κ3) is 3.61. The zero-order valence-electron chi connectivity index (χ0n) is 11.9. The van der Waals surface area contributed by atoms with E-state index in [0.29, 0.717) is 17.5 Å². The van der Waals surface area contributed by atoms with Crippen molar-refractivity contribution in [1.29, 1.82) is 0 Å². The van der Waals surface area contributed by atoms with Gasteiger partial charge in [0, 0.05) is 11.6 Å². The molecule has 0 aliphatic rings. The summed E-state index contributed by atoms with van der Waals surface area (Å²) in [6.45, 7) is 1.95. The van der Waals surface area contributed by atoms with Crippen LogP contribution in [0.15, 0.2) is 54.6 Å². The zero-order chi connectivity index (χ0) is 15.2. The Morgan fingerprint density at radius 3 is 2.29 bits per heavy atom. The van der Waals surface area contributed by atoms with Crippen molar-refractivity contribution in [3.05, 3.63) is 65.7 Å². The Balaban J connectivity index is 2.27. The fourth-order valence-corrected chi connectivity index (χ4v) is 2.37. The number of carboxylic acids is 1. The average Bonchev–Trinajstić information content (AvgIpc) is 2.50. The Bertz CT molecular complexity index is 598. The minimum atomic E-state index is -0.935. The summed E-state index contributed by atoms with van der Waals surface area (Å²) < 4.78 is 0. The number of aliphatic carboxylic acids is 1. The average molecular weight is 285 g/mol. The van der Waals surface area contributed by atoms with E-state index >= 15 is 0 Å². The van der Waals surface area contributed by atoms with E-state index in [1.165, 1.54) is 0 Å². The van der Waals surface area contributed by atoms with Gasteiger partial charge < -0.3 is 10.2 Å². The topological polar surface area (TPSA) is 69.6 Å². The molecule has 0 bridgehead atoms. The van der Waals surface area contributed by atoms with Crippen LogP contribution in [-0.4, -0.2) is 16.2 Å². The first kappa shape index (κ1) is 15.1. The minimum Gasteiger partial charge on any atom is -0.508 e. The second-order valence-corrected chi connectivity index (χ2v) is 4.87. The molecule has 0 aromatic heterocycles. The maximum Gasteiger partial charge on any atom is 0.325 e. The van der Waals surface area contributed by atoms with Crippen molar-refractivity contribution in [2.45, 2.75) is 25.4 Å². The third-order valence-electron chi connectivity index (χ3n) is 3.47. The van der Waals surface area contributed by atoms with Crippen LogP contribution in [0, 0.1) is 0 Å². The van der Waals surface area contributed by atoms with Gasteiger partial charge in [0.05, 0.1) is 0 Å². The van der Waals surface area contributed by atoms with Crippen molar-refractivity contribution in [2.75, 3.05) is 0 Å². The molecule has 2 aromatic rings. The number of para-hydroxylation sites is 1. The van der Waals surface area contributed by atoms with Gasteiger partial charge in [0.1, 0.15) is 11.8 Å². The largest absolute Gasteiger partial charge is 0.508 e. The first-order valence-electron chi connectivity index (χ1n) is 6.95. The molecule has 0 radical (unpaired) electrons. The Hall–Kier alpha value is -2.33. The predicted octanol–water partition coefficient (Wildman–Crippen LogP) is 3.26. The molecule has 3 N–H and O–H groups in total. The molecule has 0 amide bonds. The van der Waals surface area contributed by atoms with Gasteiger partial charge in [-0.2, -0.15) is 0 Å². The van der Waals surface area contributed by atoms with Gasteiger partial charge in [0.2, 0.25) is 0 Å². The highest BCUT2D eigenvalue weighted by Crippen LogP contribution is 2.28. The van der Waals surface area contributed by atoms with E-state index in [-0.39, 0.29) is 11.8 Å². The number of aromatic hydroxyl groups is 1. The molecule has 0 aliphatic carbocycles. The molecule has 0 saturated heterocycles. The molecular formula is C17H19NO3. The third-order valence-corrected chi connectivity index (χ3v) is 3.47. The lowest BCUT2D eigenvalue weighted by atomic mass is 10.00. The van der Waals surface area contributed by atoms with Crippen LogP contribution in [0.2, 0.25) is 0 Å². The highest BCUT2D eigenvalue weighted by atomic mass is 16.4. The van der Waals surface area contributed by atoms with E-state index in [4.69, 9.17) is 0 Å². The van der Waals surface area contributed by atoms with Gasteiger partial charge >= 0.3 is 5.97 Å². The van der Waals surface area contributed by atoms with Gasteiger partial charge in [0.25, 0.3) is 0 Å². The fraction of sp³-hybridized carbons (Fsp3) is 0.235. The normalized spacial score (nSPS) is 13.6. The molecule has 2 rings (SSSR count). The molecule has 0 saturated carbocycles. The molecule has 4 heteroatoms. The molecule has 4 nitrogen and oxygen atoms in total. The summed E-state index contributed by atoms with van der Waals surface area (Å²) in [6, 6.07) is 15.0. The predicted molar refractivity (Wildman–Crippen MR) is 81.1 cm³/mol. The molecule has 0 heterocycles. The summed E-state index contributed by atoms with van der Waals surface area (Å²) in [4.78, 5) is 11.5. The molecule has 0 fully saturated rings. The van der Waals surface area contributed by atoms with Crippen molar-refractivity contribution < 1.29 is 15.0 Å². The molecule has 2 atom stereocenters. The SMILES string of the molecule is CCC(NC(C(=O)O)c1ccccc1)c1ccccc1O. The Labute approximate surface area is 124 Å². The highest BCUT2D eigenvalue weighted by molar-refractivity contribution is 5.75. The van der Waals surface area contributed by atoms with Crippen LogP contribution in [0.5, 0.6) is 5.75 Å². The highest BCUT2D eigenvalue weighted by Gasteiger charge is 2.24. The minimum absolute atomic E-state index is 0.175. The second kappa shape index (κ2) is 6.90.